The van der Waals surface area contributed by atoms with Crippen molar-refractivity contribution in [2.75, 3.05) is 0 Å². The van der Waals surface area contributed by atoms with Gasteiger partial charge in [0.1, 0.15) is 12.6 Å². The Labute approximate surface area is 136 Å². The standard InChI is InChI=1S/2C10H16O/c2*1-9(2)5-4-6-10(3)7-8-11/h2*5,7-8H,4,6H2,1-3H3/b10-7+;10-7-. The summed E-state index contributed by atoms with van der Waals surface area (Å²) in [6.45, 7) is 12.3. The van der Waals surface area contributed by atoms with Crippen molar-refractivity contribution in [3.05, 3.63) is 46.6 Å². The summed E-state index contributed by atoms with van der Waals surface area (Å²) in [6, 6.07) is 0. The second kappa shape index (κ2) is 15.7. The van der Waals surface area contributed by atoms with E-state index in [1.54, 1.807) is 12.2 Å². The predicted octanol–water partition coefficient (Wildman–Crippen LogP) is 5.76. The highest BCUT2D eigenvalue weighted by Gasteiger charge is 1.87. The first-order valence-corrected chi connectivity index (χ1v) is 7.82. The highest BCUT2D eigenvalue weighted by Crippen LogP contribution is 2.05. The van der Waals surface area contributed by atoms with E-state index in [1.165, 1.54) is 11.1 Å². The third kappa shape index (κ3) is 20.6. The van der Waals surface area contributed by atoms with E-state index in [1.807, 2.05) is 13.8 Å². The molecule has 0 aliphatic heterocycles. The fourth-order valence-electron chi connectivity index (χ4n) is 1.58. The largest absolute Gasteiger partial charge is 0.299 e. The fourth-order valence-corrected chi connectivity index (χ4v) is 1.58. The van der Waals surface area contributed by atoms with E-state index in [2.05, 4.69) is 39.8 Å². The van der Waals surface area contributed by atoms with Crippen LogP contribution >= 0.6 is 0 Å². The summed E-state index contributed by atoms with van der Waals surface area (Å²) >= 11 is 0. The number of carbonyl (C=O) groups excluding carboxylic acids is 2. The van der Waals surface area contributed by atoms with Gasteiger partial charge in [0.15, 0.2) is 0 Å². The summed E-state index contributed by atoms with van der Waals surface area (Å²) < 4.78 is 0. The van der Waals surface area contributed by atoms with Crippen LogP contribution in [0.2, 0.25) is 0 Å². The van der Waals surface area contributed by atoms with E-state index in [9.17, 15) is 9.59 Å². The minimum atomic E-state index is 0.845. The SMILES string of the molecule is CC(C)=CCC/C(C)=C/C=O.CC(C)=CCC/C(C)=C\C=O. The van der Waals surface area contributed by atoms with E-state index in [-0.39, 0.29) is 0 Å². The van der Waals surface area contributed by atoms with Crippen LogP contribution in [0.4, 0.5) is 0 Å². The molecular weight excluding hydrogens is 272 g/mol. The summed E-state index contributed by atoms with van der Waals surface area (Å²) in [5.41, 5.74) is 4.97. The monoisotopic (exact) mass is 304 g/mol. The van der Waals surface area contributed by atoms with Crippen LogP contribution in [-0.2, 0) is 9.59 Å². The Morgan fingerprint density at radius 2 is 0.955 bits per heavy atom. The lowest BCUT2D eigenvalue weighted by Gasteiger charge is -1.94. The molecular formula is C20H32O2. The second-order valence-corrected chi connectivity index (χ2v) is 5.94. The highest BCUT2D eigenvalue weighted by molar-refractivity contribution is 5.66. The van der Waals surface area contributed by atoms with Gasteiger partial charge in [0, 0.05) is 0 Å². The summed E-state index contributed by atoms with van der Waals surface area (Å²) in [5.74, 6) is 0. The molecule has 0 aromatic rings. The van der Waals surface area contributed by atoms with Crippen molar-refractivity contribution in [2.45, 2.75) is 67.2 Å². The molecule has 124 valence electrons. The van der Waals surface area contributed by atoms with Crippen molar-refractivity contribution in [3.8, 4) is 0 Å². The topological polar surface area (TPSA) is 34.1 Å². The molecule has 0 fully saturated rings. The Morgan fingerprint density at radius 1 is 0.636 bits per heavy atom. The molecule has 0 spiro atoms. The molecule has 0 aromatic carbocycles. The minimum Gasteiger partial charge on any atom is -0.299 e. The molecule has 0 aliphatic carbocycles. The molecule has 0 radical (unpaired) electrons. The van der Waals surface area contributed by atoms with Gasteiger partial charge in [-0.3, -0.25) is 9.59 Å². The van der Waals surface area contributed by atoms with Crippen LogP contribution in [0, 0.1) is 0 Å². The molecule has 0 saturated carbocycles. The van der Waals surface area contributed by atoms with Crippen LogP contribution in [0.1, 0.15) is 67.2 Å². The molecule has 2 heteroatoms. The maximum absolute atomic E-state index is 10.0. The van der Waals surface area contributed by atoms with Crippen LogP contribution < -0.4 is 0 Å². The molecule has 2 nitrogen and oxygen atoms in total. The smallest absolute Gasteiger partial charge is 0.142 e. The Balaban J connectivity index is 0. The first-order chi connectivity index (χ1) is 10.3. The van der Waals surface area contributed by atoms with E-state index >= 15 is 0 Å². The van der Waals surface area contributed by atoms with Crippen LogP contribution in [0.25, 0.3) is 0 Å². The molecule has 0 saturated heterocycles. The van der Waals surface area contributed by atoms with E-state index in [0.717, 1.165) is 49.4 Å². The third-order valence-electron chi connectivity index (χ3n) is 2.89. The van der Waals surface area contributed by atoms with Gasteiger partial charge in [0.25, 0.3) is 0 Å². The fraction of sp³-hybridized carbons (Fsp3) is 0.500. The molecule has 0 N–H and O–H groups in total. The van der Waals surface area contributed by atoms with Crippen LogP contribution in [0.15, 0.2) is 46.6 Å². The van der Waals surface area contributed by atoms with Gasteiger partial charge in [-0.05, 0) is 79.4 Å². The van der Waals surface area contributed by atoms with Crippen molar-refractivity contribution in [1.29, 1.82) is 0 Å². The molecule has 0 aromatic heterocycles. The van der Waals surface area contributed by atoms with Crippen molar-refractivity contribution in [2.24, 2.45) is 0 Å². The predicted molar refractivity (Wildman–Crippen MR) is 97.0 cm³/mol. The van der Waals surface area contributed by atoms with Gasteiger partial charge in [-0.15, -0.1) is 0 Å². The maximum Gasteiger partial charge on any atom is 0.142 e. The van der Waals surface area contributed by atoms with Gasteiger partial charge >= 0.3 is 0 Å². The third-order valence-corrected chi connectivity index (χ3v) is 2.89. The van der Waals surface area contributed by atoms with Crippen LogP contribution in [0.3, 0.4) is 0 Å². The molecule has 0 aliphatic rings. The average molecular weight is 304 g/mol. The van der Waals surface area contributed by atoms with Gasteiger partial charge in [0.05, 0.1) is 0 Å². The lowest BCUT2D eigenvalue weighted by molar-refractivity contribution is -0.104. The van der Waals surface area contributed by atoms with E-state index < -0.39 is 0 Å². The van der Waals surface area contributed by atoms with Crippen LogP contribution in [0.5, 0.6) is 0 Å². The van der Waals surface area contributed by atoms with Gasteiger partial charge in [0.2, 0.25) is 0 Å². The Bertz CT molecular complexity index is 385. The first-order valence-electron chi connectivity index (χ1n) is 7.82. The maximum atomic E-state index is 10.0. The second-order valence-electron chi connectivity index (χ2n) is 5.94. The highest BCUT2D eigenvalue weighted by atomic mass is 16.1. The van der Waals surface area contributed by atoms with Crippen molar-refractivity contribution < 1.29 is 9.59 Å². The molecule has 0 amide bonds. The van der Waals surface area contributed by atoms with Gasteiger partial charge < -0.3 is 0 Å². The van der Waals surface area contributed by atoms with Gasteiger partial charge in [-0.2, -0.15) is 0 Å². The van der Waals surface area contributed by atoms with Crippen molar-refractivity contribution >= 4 is 12.6 Å². The lowest BCUT2D eigenvalue weighted by atomic mass is 10.1. The number of aldehydes is 2. The molecule has 0 rings (SSSR count). The lowest BCUT2D eigenvalue weighted by Crippen LogP contribution is -1.77. The summed E-state index contributed by atoms with van der Waals surface area (Å²) in [6.07, 6.45) is 13.4. The van der Waals surface area contributed by atoms with Crippen molar-refractivity contribution in [3.63, 3.8) is 0 Å². The zero-order valence-electron chi connectivity index (χ0n) is 15.1. The molecule has 0 bridgehead atoms. The number of hydrogen-bond acceptors (Lipinski definition) is 2. The Kier molecular flexibility index (Phi) is 16.1. The zero-order valence-corrected chi connectivity index (χ0v) is 15.1. The van der Waals surface area contributed by atoms with E-state index in [0.29, 0.717) is 0 Å². The van der Waals surface area contributed by atoms with Gasteiger partial charge in [-0.1, -0.05) is 34.4 Å². The average Bonchev–Trinajstić information content (AvgIpc) is 2.39. The number of rotatable bonds is 8. The molecule has 0 atom stereocenters. The van der Waals surface area contributed by atoms with Gasteiger partial charge in [-0.25, -0.2) is 0 Å². The Morgan fingerprint density at radius 3 is 1.18 bits per heavy atom. The quantitative estimate of drug-likeness (QED) is 0.325. The molecule has 22 heavy (non-hydrogen) atoms. The first kappa shape index (κ1) is 22.6. The number of hydrogen-bond donors (Lipinski definition) is 0. The molecule has 0 unspecified atom stereocenters. The minimum absolute atomic E-state index is 0.845. The summed E-state index contributed by atoms with van der Waals surface area (Å²) in [4.78, 5) is 20.0. The number of allylic oxidation sites excluding steroid dienone is 8. The van der Waals surface area contributed by atoms with E-state index in [4.69, 9.17) is 0 Å². The number of carbonyl (C=O) groups is 2. The normalized spacial score (nSPS) is 11.0. The molecule has 0 heterocycles. The van der Waals surface area contributed by atoms with Crippen LogP contribution in [-0.4, -0.2) is 12.6 Å². The Hall–Kier alpha value is -1.70. The summed E-state index contributed by atoms with van der Waals surface area (Å²) in [7, 11) is 0. The summed E-state index contributed by atoms with van der Waals surface area (Å²) in [5, 5.41) is 0. The zero-order chi connectivity index (χ0) is 17.4. The van der Waals surface area contributed by atoms with Crippen molar-refractivity contribution in [1.82, 2.24) is 0 Å².